The van der Waals surface area contributed by atoms with E-state index in [0.29, 0.717) is 17.1 Å². The van der Waals surface area contributed by atoms with Gasteiger partial charge in [-0.3, -0.25) is 4.79 Å². The number of nitrogens with one attached hydrogen (secondary N) is 2. The Balaban J connectivity index is 1.78. The van der Waals surface area contributed by atoms with E-state index in [-0.39, 0.29) is 16.7 Å². The number of aromatic nitrogens is 2. The summed E-state index contributed by atoms with van der Waals surface area (Å²) in [7, 11) is 1.52. The first kappa shape index (κ1) is 17.6. The Morgan fingerprint density at radius 1 is 1.19 bits per heavy atom. The molecule has 0 fully saturated rings. The summed E-state index contributed by atoms with van der Waals surface area (Å²) in [6, 6.07) is 12.6. The number of methoxy groups -OCH3 is 1. The van der Waals surface area contributed by atoms with Gasteiger partial charge in [-0.1, -0.05) is 23.7 Å². The summed E-state index contributed by atoms with van der Waals surface area (Å²) < 4.78 is 18.4. The van der Waals surface area contributed by atoms with E-state index >= 15 is 0 Å². The minimum Gasteiger partial charge on any atom is -0.495 e. The highest BCUT2D eigenvalue weighted by Crippen LogP contribution is 2.24. The van der Waals surface area contributed by atoms with Crippen molar-refractivity contribution in [2.24, 2.45) is 0 Å². The molecule has 3 aromatic rings. The van der Waals surface area contributed by atoms with E-state index < -0.39 is 11.7 Å². The Morgan fingerprint density at radius 3 is 2.77 bits per heavy atom. The molecule has 0 saturated heterocycles. The number of nitrogens with zero attached hydrogens (tertiary/aromatic N) is 2. The minimum absolute atomic E-state index is 0.0277. The van der Waals surface area contributed by atoms with Gasteiger partial charge in [0.05, 0.1) is 17.8 Å². The van der Waals surface area contributed by atoms with Crippen molar-refractivity contribution < 1.29 is 13.9 Å². The Bertz CT molecular complexity index is 952. The normalized spacial score (nSPS) is 10.3. The number of hydrogen-bond acceptors (Lipinski definition) is 5. The van der Waals surface area contributed by atoms with E-state index in [4.69, 9.17) is 16.3 Å². The molecule has 8 heteroatoms. The molecule has 3 rings (SSSR count). The number of halogens is 2. The minimum atomic E-state index is -0.525. The molecule has 0 aliphatic carbocycles. The van der Waals surface area contributed by atoms with Crippen molar-refractivity contribution in [1.82, 2.24) is 9.97 Å². The second kappa shape index (κ2) is 7.79. The van der Waals surface area contributed by atoms with E-state index in [2.05, 4.69) is 20.6 Å². The van der Waals surface area contributed by atoms with Crippen LogP contribution >= 0.6 is 11.6 Å². The molecule has 0 saturated carbocycles. The van der Waals surface area contributed by atoms with Crippen molar-refractivity contribution in [3.05, 3.63) is 71.3 Å². The Labute approximate surface area is 154 Å². The number of hydrogen-bond donors (Lipinski definition) is 2. The van der Waals surface area contributed by atoms with Gasteiger partial charge in [-0.2, -0.15) is 0 Å². The summed E-state index contributed by atoms with van der Waals surface area (Å²) in [6.45, 7) is 0. The molecule has 0 bridgehead atoms. The van der Waals surface area contributed by atoms with E-state index in [1.54, 1.807) is 24.3 Å². The number of anilines is 3. The topological polar surface area (TPSA) is 76.1 Å². The van der Waals surface area contributed by atoms with Gasteiger partial charge in [0, 0.05) is 11.9 Å². The number of ether oxygens (including phenoxy) is 1. The van der Waals surface area contributed by atoms with E-state index in [0.717, 1.165) is 0 Å². The third-order valence-corrected chi connectivity index (χ3v) is 3.71. The van der Waals surface area contributed by atoms with Crippen molar-refractivity contribution in [2.75, 3.05) is 17.7 Å². The fraction of sp³-hybridized carbons (Fsp3) is 0.0556. The lowest BCUT2D eigenvalue weighted by molar-refractivity contribution is 0.102. The molecule has 0 atom stereocenters. The summed E-state index contributed by atoms with van der Waals surface area (Å²) >= 11 is 5.75. The van der Waals surface area contributed by atoms with Crippen LogP contribution in [0.2, 0.25) is 5.02 Å². The first-order valence-electron chi connectivity index (χ1n) is 7.56. The summed E-state index contributed by atoms with van der Waals surface area (Å²) in [4.78, 5) is 20.6. The average molecular weight is 373 g/mol. The molecule has 1 amide bonds. The number of carbonyl (C=O) groups excluding carboxylic acids is 1. The van der Waals surface area contributed by atoms with Crippen LogP contribution in [0.25, 0.3) is 0 Å². The van der Waals surface area contributed by atoms with Gasteiger partial charge in [-0.05, 0) is 36.4 Å². The molecular weight excluding hydrogens is 359 g/mol. The molecule has 132 valence electrons. The molecule has 0 aliphatic heterocycles. The maximum Gasteiger partial charge on any atom is 0.274 e. The molecule has 26 heavy (non-hydrogen) atoms. The van der Waals surface area contributed by atoms with Gasteiger partial charge >= 0.3 is 0 Å². The lowest BCUT2D eigenvalue weighted by atomic mass is 10.2. The Kier molecular flexibility index (Phi) is 5.28. The largest absolute Gasteiger partial charge is 0.495 e. The lowest BCUT2D eigenvalue weighted by Gasteiger charge is -2.10. The van der Waals surface area contributed by atoms with Crippen molar-refractivity contribution in [2.45, 2.75) is 0 Å². The molecule has 1 aromatic heterocycles. The van der Waals surface area contributed by atoms with Crippen molar-refractivity contribution in [3.63, 3.8) is 0 Å². The number of amides is 1. The molecule has 0 spiro atoms. The first-order valence-corrected chi connectivity index (χ1v) is 7.94. The second-order valence-electron chi connectivity index (χ2n) is 5.17. The molecule has 0 radical (unpaired) electrons. The van der Waals surface area contributed by atoms with Gasteiger partial charge in [-0.15, -0.1) is 0 Å². The lowest BCUT2D eigenvalue weighted by Crippen LogP contribution is -2.15. The monoisotopic (exact) mass is 372 g/mol. The quantitative estimate of drug-likeness (QED) is 0.699. The number of carbonyl (C=O) groups is 1. The summed E-state index contributed by atoms with van der Waals surface area (Å²) in [5, 5.41) is 5.58. The smallest absolute Gasteiger partial charge is 0.274 e. The summed E-state index contributed by atoms with van der Waals surface area (Å²) in [5.41, 5.74) is 1.18. The zero-order valence-corrected chi connectivity index (χ0v) is 14.4. The van der Waals surface area contributed by atoms with E-state index in [1.807, 2.05) is 0 Å². The van der Waals surface area contributed by atoms with Crippen LogP contribution in [-0.4, -0.2) is 23.0 Å². The first-order chi connectivity index (χ1) is 12.6. The van der Waals surface area contributed by atoms with Crippen LogP contribution in [0, 0.1) is 5.82 Å². The van der Waals surface area contributed by atoms with Crippen molar-refractivity contribution in [3.8, 4) is 5.75 Å². The average Bonchev–Trinajstić information content (AvgIpc) is 2.65. The third-order valence-electron chi connectivity index (χ3n) is 3.42. The summed E-state index contributed by atoms with van der Waals surface area (Å²) in [6.07, 6.45) is 1.44. The highest BCUT2D eigenvalue weighted by molar-refractivity contribution is 6.31. The van der Waals surface area contributed by atoms with Gasteiger partial charge in [0.2, 0.25) is 5.95 Å². The van der Waals surface area contributed by atoms with Gasteiger partial charge < -0.3 is 15.4 Å². The van der Waals surface area contributed by atoms with E-state index in [1.165, 1.54) is 37.6 Å². The highest BCUT2D eigenvalue weighted by atomic mass is 35.5. The van der Waals surface area contributed by atoms with Crippen molar-refractivity contribution >= 4 is 34.8 Å². The van der Waals surface area contributed by atoms with Gasteiger partial charge in [0.15, 0.2) is 0 Å². The zero-order valence-electron chi connectivity index (χ0n) is 13.7. The molecule has 1 heterocycles. The van der Waals surface area contributed by atoms with Crippen LogP contribution in [0.5, 0.6) is 5.75 Å². The molecule has 2 aromatic carbocycles. The maximum atomic E-state index is 13.2. The standard InChI is InChI=1S/C18H14ClFN4O2/c1-26-16-5-3-2-4-14(16)23-17(25)15-8-9-21-18(24-15)22-11-6-7-13(20)12(19)10-11/h2-10H,1H3,(H,23,25)(H,21,22,24). The SMILES string of the molecule is COc1ccccc1NC(=O)c1ccnc(Nc2ccc(F)c(Cl)c2)n1. The molecule has 0 unspecified atom stereocenters. The number of rotatable bonds is 5. The molecular formula is C18H14ClFN4O2. The van der Waals surface area contributed by atoms with Crippen LogP contribution < -0.4 is 15.4 Å². The van der Waals surface area contributed by atoms with Gasteiger partial charge in [0.25, 0.3) is 5.91 Å². The van der Waals surface area contributed by atoms with E-state index in [9.17, 15) is 9.18 Å². The molecule has 6 nitrogen and oxygen atoms in total. The van der Waals surface area contributed by atoms with Gasteiger partial charge in [-0.25, -0.2) is 14.4 Å². The summed E-state index contributed by atoms with van der Waals surface area (Å²) in [5.74, 6) is -0.227. The van der Waals surface area contributed by atoms with Crippen LogP contribution in [0.15, 0.2) is 54.7 Å². The fourth-order valence-electron chi connectivity index (χ4n) is 2.18. The predicted octanol–water partition coefficient (Wildman–Crippen LogP) is 4.27. The predicted molar refractivity (Wildman–Crippen MR) is 97.7 cm³/mol. The van der Waals surface area contributed by atoms with Crippen molar-refractivity contribution in [1.29, 1.82) is 0 Å². The Hall–Kier alpha value is -3.19. The molecule has 2 N–H and O–H groups in total. The fourth-order valence-corrected chi connectivity index (χ4v) is 2.36. The van der Waals surface area contributed by atoms with Crippen LogP contribution in [0.3, 0.4) is 0 Å². The highest BCUT2D eigenvalue weighted by Gasteiger charge is 2.12. The molecule has 0 aliphatic rings. The number of para-hydroxylation sites is 2. The zero-order chi connectivity index (χ0) is 18.5. The van der Waals surface area contributed by atoms with Gasteiger partial charge in [0.1, 0.15) is 17.3 Å². The number of benzene rings is 2. The van der Waals surface area contributed by atoms with Crippen LogP contribution in [-0.2, 0) is 0 Å². The maximum absolute atomic E-state index is 13.2. The second-order valence-corrected chi connectivity index (χ2v) is 5.58. The van der Waals surface area contributed by atoms with Crippen LogP contribution in [0.4, 0.5) is 21.7 Å². The van der Waals surface area contributed by atoms with Crippen LogP contribution in [0.1, 0.15) is 10.5 Å². The Morgan fingerprint density at radius 2 is 2.00 bits per heavy atom. The third kappa shape index (κ3) is 4.07.